The summed E-state index contributed by atoms with van der Waals surface area (Å²) in [5.41, 5.74) is 6.52. The van der Waals surface area contributed by atoms with E-state index in [0.29, 0.717) is 6.42 Å². The standard InChI is InChI=1S/C10H18N4OS/c1-7-6-16-10(12-7)5-14(3)8(2)4-9(11)13-15/h6,8,15H,4-5H2,1-3H3,(H2,11,13). The monoisotopic (exact) mass is 242 g/mol. The Bertz CT molecular complexity index is 363. The number of hydrogen-bond acceptors (Lipinski definition) is 5. The molecule has 0 saturated heterocycles. The lowest BCUT2D eigenvalue weighted by atomic mass is 10.2. The van der Waals surface area contributed by atoms with Gasteiger partial charge in [-0.25, -0.2) is 4.98 Å². The molecule has 6 heteroatoms. The summed E-state index contributed by atoms with van der Waals surface area (Å²) >= 11 is 1.66. The minimum absolute atomic E-state index is 0.222. The maximum absolute atomic E-state index is 8.49. The van der Waals surface area contributed by atoms with Crippen molar-refractivity contribution in [3.05, 3.63) is 16.1 Å². The second-order valence-electron chi connectivity index (χ2n) is 3.94. The molecule has 5 nitrogen and oxygen atoms in total. The summed E-state index contributed by atoms with van der Waals surface area (Å²) < 4.78 is 0. The first kappa shape index (κ1) is 12.9. The lowest BCUT2D eigenvalue weighted by Crippen LogP contribution is -2.32. The van der Waals surface area contributed by atoms with Gasteiger partial charge in [0.2, 0.25) is 0 Å². The van der Waals surface area contributed by atoms with Crippen LogP contribution in [0.25, 0.3) is 0 Å². The Hall–Kier alpha value is -1.14. The first-order valence-electron chi connectivity index (χ1n) is 5.10. The number of aromatic nitrogens is 1. The topological polar surface area (TPSA) is 74.7 Å². The van der Waals surface area contributed by atoms with Crippen molar-refractivity contribution in [2.24, 2.45) is 10.9 Å². The van der Waals surface area contributed by atoms with Crippen molar-refractivity contribution in [3.8, 4) is 0 Å². The van der Waals surface area contributed by atoms with Crippen LogP contribution in [0, 0.1) is 6.92 Å². The van der Waals surface area contributed by atoms with E-state index in [0.717, 1.165) is 17.2 Å². The molecular weight excluding hydrogens is 224 g/mol. The smallest absolute Gasteiger partial charge is 0.140 e. The normalized spacial score (nSPS) is 14.4. The predicted molar refractivity (Wildman–Crippen MR) is 65.8 cm³/mol. The number of amidine groups is 1. The number of nitrogens with two attached hydrogens (primary N) is 1. The maximum atomic E-state index is 8.49. The molecule has 0 fully saturated rings. The lowest BCUT2D eigenvalue weighted by molar-refractivity contribution is 0.250. The summed E-state index contributed by atoms with van der Waals surface area (Å²) in [6.07, 6.45) is 0.553. The highest BCUT2D eigenvalue weighted by Gasteiger charge is 2.12. The van der Waals surface area contributed by atoms with Gasteiger partial charge in [0.1, 0.15) is 10.8 Å². The van der Waals surface area contributed by atoms with Gasteiger partial charge in [-0.1, -0.05) is 5.16 Å². The molecule has 16 heavy (non-hydrogen) atoms. The van der Waals surface area contributed by atoms with Gasteiger partial charge in [-0.3, -0.25) is 4.90 Å². The van der Waals surface area contributed by atoms with E-state index in [9.17, 15) is 0 Å². The molecule has 0 bridgehead atoms. The first-order chi connectivity index (χ1) is 7.52. The molecule has 0 aliphatic rings. The van der Waals surface area contributed by atoms with Gasteiger partial charge in [-0.15, -0.1) is 11.3 Å². The maximum Gasteiger partial charge on any atom is 0.140 e. The molecule has 3 N–H and O–H groups in total. The fourth-order valence-corrected chi connectivity index (χ4v) is 2.18. The number of oxime groups is 1. The molecule has 1 aromatic heterocycles. The van der Waals surface area contributed by atoms with Crippen LogP contribution in [0.1, 0.15) is 24.0 Å². The van der Waals surface area contributed by atoms with Crippen LogP contribution < -0.4 is 5.73 Å². The van der Waals surface area contributed by atoms with Crippen molar-refractivity contribution >= 4 is 17.2 Å². The van der Waals surface area contributed by atoms with E-state index in [2.05, 4.69) is 15.0 Å². The van der Waals surface area contributed by atoms with Crippen molar-refractivity contribution in [3.63, 3.8) is 0 Å². The molecule has 1 aromatic rings. The average Bonchev–Trinajstić information content (AvgIpc) is 2.63. The van der Waals surface area contributed by atoms with Crippen molar-refractivity contribution in [1.82, 2.24) is 9.88 Å². The summed E-state index contributed by atoms with van der Waals surface area (Å²) in [7, 11) is 2.01. The Morgan fingerprint density at radius 3 is 2.94 bits per heavy atom. The molecule has 0 amide bonds. The van der Waals surface area contributed by atoms with Gasteiger partial charge in [0.15, 0.2) is 0 Å². The fourth-order valence-electron chi connectivity index (χ4n) is 1.34. The van der Waals surface area contributed by atoms with Gasteiger partial charge in [0, 0.05) is 23.5 Å². The van der Waals surface area contributed by atoms with Crippen LogP contribution in [0.3, 0.4) is 0 Å². The zero-order chi connectivity index (χ0) is 12.1. The van der Waals surface area contributed by atoms with Crippen molar-refractivity contribution in [2.45, 2.75) is 32.9 Å². The molecular formula is C10H18N4OS. The molecule has 0 spiro atoms. The van der Waals surface area contributed by atoms with Crippen LogP contribution in [0.2, 0.25) is 0 Å². The second kappa shape index (κ2) is 5.81. The summed E-state index contributed by atoms with van der Waals surface area (Å²) in [5.74, 6) is 0.259. The molecule has 1 heterocycles. The minimum Gasteiger partial charge on any atom is -0.409 e. The number of rotatable bonds is 5. The highest BCUT2D eigenvalue weighted by molar-refractivity contribution is 7.09. The van der Waals surface area contributed by atoms with Crippen LogP contribution in [0.4, 0.5) is 0 Å². The van der Waals surface area contributed by atoms with E-state index in [1.807, 2.05) is 26.3 Å². The van der Waals surface area contributed by atoms with E-state index >= 15 is 0 Å². The van der Waals surface area contributed by atoms with E-state index < -0.39 is 0 Å². The number of nitrogens with zero attached hydrogens (tertiary/aromatic N) is 3. The number of aryl methyl sites for hydroxylation is 1. The van der Waals surface area contributed by atoms with Crippen LogP contribution >= 0.6 is 11.3 Å². The third-order valence-electron chi connectivity index (χ3n) is 2.44. The summed E-state index contributed by atoms with van der Waals surface area (Å²) in [5, 5.41) is 14.6. The Kier molecular flexibility index (Phi) is 4.70. The quantitative estimate of drug-likeness (QED) is 0.354. The molecule has 1 rings (SSSR count). The van der Waals surface area contributed by atoms with E-state index in [-0.39, 0.29) is 11.9 Å². The molecule has 1 atom stereocenters. The predicted octanol–water partition coefficient (Wildman–Crippen LogP) is 1.41. The number of thiazole rings is 1. The lowest BCUT2D eigenvalue weighted by Gasteiger charge is -2.22. The van der Waals surface area contributed by atoms with Gasteiger partial charge in [-0.2, -0.15) is 0 Å². The van der Waals surface area contributed by atoms with Crippen molar-refractivity contribution in [2.75, 3.05) is 7.05 Å². The molecule has 90 valence electrons. The van der Waals surface area contributed by atoms with Crippen LogP contribution in [0.15, 0.2) is 10.5 Å². The van der Waals surface area contributed by atoms with Gasteiger partial charge in [0.25, 0.3) is 0 Å². The van der Waals surface area contributed by atoms with Crippen LogP contribution in [-0.4, -0.2) is 34.0 Å². The fraction of sp³-hybridized carbons (Fsp3) is 0.600. The van der Waals surface area contributed by atoms with Gasteiger partial charge >= 0.3 is 0 Å². The Labute approximate surface area is 99.6 Å². The highest BCUT2D eigenvalue weighted by Crippen LogP contribution is 2.13. The van der Waals surface area contributed by atoms with Crippen LogP contribution in [0.5, 0.6) is 0 Å². The second-order valence-corrected chi connectivity index (χ2v) is 4.88. The average molecular weight is 242 g/mol. The third kappa shape index (κ3) is 3.79. The third-order valence-corrected chi connectivity index (χ3v) is 3.39. The zero-order valence-corrected chi connectivity index (χ0v) is 10.7. The summed E-state index contributed by atoms with van der Waals surface area (Å²) in [4.78, 5) is 6.53. The van der Waals surface area contributed by atoms with E-state index in [1.54, 1.807) is 11.3 Å². The molecule has 0 aliphatic carbocycles. The first-order valence-corrected chi connectivity index (χ1v) is 5.98. The van der Waals surface area contributed by atoms with Crippen molar-refractivity contribution in [1.29, 1.82) is 0 Å². The Morgan fingerprint density at radius 1 is 1.75 bits per heavy atom. The molecule has 0 radical (unpaired) electrons. The molecule has 0 aromatic carbocycles. The van der Waals surface area contributed by atoms with Gasteiger partial charge < -0.3 is 10.9 Å². The van der Waals surface area contributed by atoms with Crippen molar-refractivity contribution < 1.29 is 5.21 Å². The Balaban J connectivity index is 2.48. The minimum atomic E-state index is 0.222. The van der Waals surface area contributed by atoms with E-state index in [1.165, 1.54) is 0 Å². The van der Waals surface area contributed by atoms with Gasteiger partial charge in [0.05, 0.1) is 6.54 Å². The molecule has 1 unspecified atom stereocenters. The van der Waals surface area contributed by atoms with E-state index in [4.69, 9.17) is 10.9 Å². The molecule has 0 saturated carbocycles. The van der Waals surface area contributed by atoms with Crippen LogP contribution in [-0.2, 0) is 6.54 Å². The zero-order valence-electron chi connectivity index (χ0n) is 9.84. The summed E-state index contributed by atoms with van der Waals surface area (Å²) in [6.45, 7) is 4.82. The highest BCUT2D eigenvalue weighted by atomic mass is 32.1. The largest absolute Gasteiger partial charge is 0.409 e. The van der Waals surface area contributed by atoms with Gasteiger partial charge in [-0.05, 0) is 20.9 Å². The SMILES string of the molecule is Cc1csc(CN(C)C(C)CC(N)=NO)n1. The summed E-state index contributed by atoms with van der Waals surface area (Å²) in [6, 6.07) is 0.222. The molecule has 0 aliphatic heterocycles. The number of hydrogen-bond donors (Lipinski definition) is 2. The Morgan fingerprint density at radius 2 is 2.44 bits per heavy atom.